The number of benzene rings is 1. The van der Waals surface area contributed by atoms with E-state index in [0.717, 1.165) is 37.8 Å². The largest absolute Gasteiger partial charge is 0.416 e. The summed E-state index contributed by atoms with van der Waals surface area (Å²) >= 11 is 0. The molecule has 0 amide bonds. The van der Waals surface area contributed by atoms with Gasteiger partial charge in [-0.25, -0.2) is 4.39 Å². The quantitative estimate of drug-likeness (QED) is 0.827. The molecule has 6 heteroatoms. The maximum Gasteiger partial charge on any atom is 0.416 e. The molecule has 0 saturated heterocycles. The Kier molecular flexibility index (Phi) is 4.22. The van der Waals surface area contributed by atoms with Gasteiger partial charge >= 0.3 is 6.18 Å². The lowest BCUT2D eigenvalue weighted by atomic mass is 9.87. The average molecular weight is 291 g/mol. The van der Waals surface area contributed by atoms with Gasteiger partial charge in [-0.2, -0.15) is 13.2 Å². The fraction of sp³-hybridized carbons (Fsp3) is 0.571. The van der Waals surface area contributed by atoms with Gasteiger partial charge in [-0.05, 0) is 31.0 Å². The molecule has 1 aliphatic carbocycles. The second-order valence-electron chi connectivity index (χ2n) is 5.41. The van der Waals surface area contributed by atoms with Crippen LogP contribution < -0.4 is 5.32 Å². The summed E-state index contributed by atoms with van der Waals surface area (Å²) in [4.78, 5) is 0. The highest BCUT2D eigenvalue weighted by Gasteiger charge is 2.34. The van der Waals surface area contributed by atoms with Crippen LogP contribution in [0.2, 0.25) is 0 Å². The van der Waals surface area contributed by atoms with Crippen molar-refractivity contribution in [2.24, 2.45) is 5.41 Å². The van der Waals surface area contributed by atoms with Crippen LogP contribution in [0.5, 0.6) is 0 Å². The van der Waals surface area contributed by atoms with E-state index in [1.165, 1.54) is 0 Å². The van der Waals surface area contributed by atoms with E-state index in [0.29, 0.717) is 12.6 Å². The summed E-state index contributed by atoms with van der Waals surface area (Å²) in [5.41, 5.74) is -1.24. The Balaban J connectivity index is 2.07. The monoisotopic (exact) mass is 291 g/mol. The molecule has 1 aromatic rings. The summed E-state index contributed by atoms with van der Waals surface area (Å²) in [5, 5.41) is 12.3. The lowest BCUT2D eigenvalue weighted by Crippen LogP contribution is -2.30. The Morgan fingerprint density at radius 2 is 1.85 bits per heavy atom. The summed E-state index contributed by atoms with van der Waals surface area (Å²) in [6, 6.07) is 2.44. The number of aliphatic hydroxyl groups excluding tert-OH is 1. The van der Waals surface area contributed by atoms with Crippen LogP contribution >= 0.6 is 0 Å². The molecule has 112 valence electrons. The van der Waals surface area contributed by atoms with Crippen LogP contribution in [0.25, 0.3) is 0 Å². The molecule has 0 bridgehead atoms. The van der Waals surface area contributed by atoms with E-state index >= 15 is 0 Å². The molecule has 1 aliphatic rings. The highest BCUT2D eigenvalue weighted by Crippen LogP contribution is 2.38. The van der Waals surface area contributed by atoms with Crippen molar-refractivity contribution in [3.63, 3.8) is 0 Å². The SMILES string of the molecule is OCC1(CNc2ccc(C(F)(F)F)cc2F)CCCC1. The maximum atomic E-state index is 13.7. The van der Waals surface area contributed by atoms with E-state index in [4.69, 9.17) is 0 Å². The summed E-state index contributed by atoms with van der Waals surface area (Å²) in [6.45, 7) is 0.369. The van der Waals surface area contributed by atoms with Gasteiger partial charge in [0.25, 0.3) is 0 Å². The van der Waals surface area contributed by atoms with Crippen molar-refractivity contribution in [1.82, 2.24) is 0 Å². The van der Waals surface area contributed by atoms with Gasteiger partial charge in [0.15, 0.2) is 0 Å². The van der Waals surface area contributed by atoms with Crippen LogP contribution in [-0.4, -0.2) is 18.3 Å². The number of nitrogens with one attached hydrogen (secondary N) is 1. The van der Waals surface area contributed by atoms with Crippen LogP contribution in [0.15, 0.2) is 18.2 Å². The molecule has 0 aliphatic heterocycles. The number of aliphatic hydroxyl groups is 1. The van der Waals surface area contributed by atoms with E-state index in [1.807, 2.05) is 0 Å². The van der Waals surface area contributed by atoms with Crippen LogP contribution in [0, 0.1) is 11.2 Å². The van der Waals surface area contributed by atoms with Crippen molar-refractivity contribution < 1.29 is 22.7 Å². The highest BCUT2D eigenvalue weighted by atomic mass is 19.4. The highest BCUT2D eigenvalue weighted by molar-refractivity contribution is 5.47. The van der Waals surface area contributed by atoms with Gasteiger partial charge in [0, 0.05) is 12.0 Å². The molecule has 0 spiro atoms. The fourth-order valence-corrected chi connectivity index (χ4v) is 2.63. The number of rotatable bonds is 4. The van der Waals surface area contributed by atoms with Gasteiger partial charge in [-0.1, -0.05) is 12.8 Å². The van der Waals surface area contributed by atoms with Gasteiger partial charge in [0.1, 0.15) is 5.82 Å². The molecular formula is C14H17F4NO. The molecule has 2 nitrogen and oxygen atoms in total. The average Bonchev–Trinajstić information content (AvgIpc) is 2.85. The Morgan fingerprint density at radius 3 is 2.35 bits per heavy atom. The first-order valence-electron chi connectivity index (χ1n) is 6.58. The normalized spacial score (nSPS) is 18.2. The third-order valence-corrected chi connectivity index (χ3v) is 3.95. The zero-order chi connectivity index (χ0) is 14.8. The van der Waals surface area contributed by atoms with Gasteiger partial charge in [0.05, 0.1) is 17.9 Å². The zero-order valence-corrected chi connectivity index (χ0v) is 10.9. The lowest BCUT2D eigenvalue weighted by molar-refractivity contribution is -0.137. The summed E-state index contributed by atoms with van der Waals surface area (Å²) < 4.78 is 50.9. The first-order valence-corrected chi connectivity index (χ1v) is 6.58. The van der Waals surface area contributed by atoms with Crippen molar-refractivity contribution in [3.05, 3.63) is 29.6 Å². The van der Waals surface area contributed by atoms with Crippen LogP contribution in [0.1, 0.15) is 31.2 Å². The predicted molar refractivity (Wildman–Crippen MR) is 67.9 cm³/mol. The van der Waals surface area contributed by atoms with Gasteiger partial charge < -0.3 is 10.4 Å². The number of anilines is 1. The van der Waals surface area contributed by atoms with E-state index in [-0.39, 0.29) is 17.7 Å². The molecule has 0 atom stereocenters. The minimum absolute atomic E-state index is 0.00224. The van der Waals surface area contributed by atoms with Crippen molar-refractivity contribution in [3.8, 4) is 0 Å². The molecule has 1 aromatic carbocycles. The molecule has 0 unspecified atom stereocenters. The smallest absolute Gasteiger partial charge is 0.396 e. The second-order valence-corrected chi connectivity index (χ2v) is 5.41. The van der Waals surface area contributed by atoms with Crippen molar-refractivity contribution >= 4 is 5.69 Å². The lowest BCUT2D eigenvalue weighted by Gasteiger charge is -2.27. The molecular weight excluding hydrogens is 274 g/mol. The third kappa shape index (κ3) is 3.23. The molecule has 0 aromatic heterocycles. The van der Waals surface area contributed by atoms with Crippen molar-refractivity contribution in [2.75, 3.05) is 18.5 Å². The third-order valence-electron chi connectivity index (χ3n) is 3.95. The molecule has 0 heterocycles. The number of halogens is 4. The van der Waals surface area contributed by atoms with E-state index in [2.05, 4.69) is 5.32 Å². The Bertz CT molecular complexity index is 467. The van der Waals surface area contributed by atoms with E-state index in [1.54, 1.807) is 0 Å². The molecule has 2 rings (SSSR count). The Labute approximate surface area is 114 Å². The molecule has 20 heavy (non-hydrogen) atoms. The standard InChI is InChI=1S/C14H17F4NO/c15-11-7-10(14(16,17)18)3-4-12(11)19-8-13(9-20)5-1-2-6-13/h3-4,7,19-20H,1-2,5-6,8-9H2. The first kappa shape index (κ1) is 15.1. The topological polar surface area (TPSA) is 32.3 Å². The number of hydrogen-bond donors (Lipinski definition) is 2. The molecule has 1 fully saturated rings. The van der Waals surface area contributed by atoms with Crippen LogP contribution in [0.3, 0.4) is 0 Å². The van der Waals surface area contributed by atoms with Gasteiger partial charge in [-0.3, -0.25) is 0 Å². The summed E-state index contributed by atoms with van der Waals surface area (Å²) in [6.07, 6.45) is -0.829. The van der Waals surface area contributed by atoms with Crippen molar-refractivity contribution in [1.29, 1.82) is 0 Å². The summed E-state index contributed by atoms with van der Waals surface area (Å²) in [5.74, 6) is -0.925. The van der Waals surface area contributed by atoms with Crippen LogP contribution in [0.4, 0.5) is 23.2 Å². The Hall–Kier alpha value is -1.30. The van der Waals surface area contributed by atoms with Gasteiger partial charge in [-0.15, -0.1) is 0 Å². The number of hydrogen-bond acceptors (Lipinski definition) is 2. The predicted octanol–water partition coefficient (Wildman–Crippen LogP) is 3.81. The minimum atomic E-state index is -4.54. The Morgan fingerprint density at radius 1 is 1.20 bits per heavy atom. The number of alkyl halides is 3. The summed E-state index contributed by atoms with van der Waals surface area (Å²) in [7, 11) is 0. The molecule has 1 saturated carbocycles. The van der Waals surface area contributed by atoms with Gasteiger partial charge in [0.2, 0.25) is 0 Å². The minimum Gasteiger partial charge on any atom is -0.396 e. The van der Waals surface area contributed by atoms with E-state index < -0.39 is 17.6 Å². The first-order chi connectivity index (χ1) is 9.36. The maximum absolute atomic E-state index is 13.7. The fourth-order valence-electron chi connectivity index (χ4n) is 2.63. The molecule has 0 radical (unpaired) electrons. The zero-order valence-electron chi connectivity index (χ0n) is 10.9. The van der Waals surface area contributed by atoms with E-state index in [9.17, 15) is 22.7 Å². The molecule has 2 N–H and O–H groups in total. The van der Waals surface area contributed by atoms with Crippen molar-refractivity contribution in [2.45, 2.75) is 31.9 Å². The second kappa shape index (κ2) is 5.60. The van der Waals surface area contributed by atoms with Crippen LogP contribution in [-0.2, 0) is 6.18 Å².